The first-order valence-corrected chi connectivity index (χ1v) is 7.19. The number of hydrogen-bond donors (Lipinski definition) is 1. The van der Waals surface area contributed by atoms with Gasteiger partial charge in [0.05, 0.1) is 0 Å². The molecule has 0 radical (unpaired) electrons. The molecule has 0 saturated carbocycles. The second-order valence-corrected chi connectivity index (χ2v) is 5.27. The Morgan fingerprint density at radius 1 is 1.10 bits per heavy atom. The van der Waals surface area contributed by atoms with Crippen molar-refractivity contribution >= 4 is 0 Å². The Balaban J connectivity index is 2.42. The Kier molecular flexibility index (Phi) is 4.91. The van der Waals surface area contributed by atoms with Crippen LogP contribution >= 0.6 is 0 Å². The normalized spacial score (nSPS) is 10.8. The van der Waals surface area contributed by atoms with Crippen LogP contribution in [0.4, 0.5) is 4.39 Å². The number of nitrogens with one attached hydrogen (secondary N) is 1. The van der Waals surface area contributed by atoms with E-state index in [0.717, 1.165) is 47.3 Å². The highest BCUT2D eigenvalue weighted by atomic mass is 19.1. The molecule has 2 rings (SSSR count). The summed E-state index contributed by atoms with van der Waals surface area (Å²) in [6.45, 7) is 7.79. The summed E-state index contributed by atoms with van der Waals surface area (Å²) in [5.74, 6) is -0.134. The fourth-order valence-corrected chi connectivity index (χ4v) is 2.58. The summed E-state index contributed by atoms with van der Waals surface area (Å²) < 4.78 is 14.3. The summed E-state index contributed by atoms with van der Waals surface area (Å²) in [6, 6.07) is 11.7. The molecule has 0 spiro atoms. The van der Waals surface area contributed by atoms with Gasteiger partial charge in [-0.15, -0.1) is 0 Å². The minimum atomic E-state index is -0.134. The molecule has 0 aliphatic rings. The second-order valence-electron chi connectivity index (χ2n) is 5.27. The molecule has 0 amide bonds. The van der Waals surface area contributed by atoms with E-state index < -0.39 is 0 Å². The highest BCUT2D eigenvalue weighted by molar-refractivity contribution is 5.71. The predicted octanol–water partition coefficient (Wildman–Crippen LogP) is 4.61. The van der Waals surface area contributed by atoms with Crippen molar-refractivity contribution in [3.8, 4) is 11.1 Å². The van der Waals surface area contributed by atoms with Crippen LogP contribution in [0.1, 0.15) is 30.0 Å². The highest BCUT2D eigenvalue weighted by Gasteiger charge is 2.12. The maximum Gasteiger partial charge on any atom is 0.131 e. The van der Waals surface area contributed by atoms with E-state index in [1.54, 1.807) is 6.07 Å². The zero-order valence-corrected chi connectivity index (χ0v) is 12.5. The van der Waals surface area contributed by atoms with Gasteiger partial charge in [-0.25, -0.2) is 4.39 Å². The van der Waals surface area contributed by atoms with E-state index in [1.165, 1.54) is 0 Å². The maximum absolute atomic E-state index is 14.3. The van der Waals surface area contributed by atoms with Gasteiger partial charge in [0, 0.05) is 12.1 Å². The fraction of sp³-hybridized carbons (Fsp3) is 0.333. The van der Waals surface area contributed by atoms with Gasteiger partial charge >= 0.3 is 0 Å². The van der Waals surface area contributed by atoms with Gasteiger partial charge in [-0.2, -0.15) is 0 Å². The van der Waals surface area contributed by atoms with Crippen LogP contribution in [0.15, 0.2) is 36.4 Å². The van der Waals surface area contributed by atoms with Crippen LogP contribution < -0.4 is 5.32 Å². The number of benzene rings is 2. The van der Waals surface area contributed by atoms with Crippen molar-refractivity contribution in [2.24, 2.45) is 0 Å². The van der Waals surface area contributed by atoms with Crippen LogP contribution in [-0.2, 0) is 6.54 Å². The summed E-state index contributed by atoms with van der Waals surface area (Å²) in [4.78, 5) is 0. The van der Waals surface area contributed by atoms with Crippen molar-refractivity contribution in [2.45, 2.75) is 33.7 Å². The van der Waals surface area contributed by atoms with Crippen molar-refractivity contribution < 1.29 is 4.39 Å². The van der Waals surface area contributed by atoms with Gasteiger partial charge in [0.1, 0.15) is 5.82 Å². The van der Waals surface area contributed by atoms with Gasteiger partial charge < -0.3 is 5.32 Å². The molecule has 1 N–H and O–H groups in total. The van der Waals surface area contributed by atoms with Crippen molar-refractivity contribution in [3.05, 3.63) is 58.9 Å². The Bertz CT molecular complexity index is 567. The average Bonchev–Trinajstić information content (AvgIpc) is 2.39. The lowest BCUT2D eigenvalue weighted by Crippen LogP contribution is -2.14. The molecule has 0 atom stereocenters. The molecule has 0 heterocycles. The first-order valence-electron chi connectivity index (χ1n) is 7.19. The standard InChI is InChI=1S/C18H22FN/c1-4-9-20-12-15-7-5-6-8-16(15)18-14(3)10-13(2)11-17(18)19/h5-8,10-11,20H,4,9,12H2,1-3H3. The Labute approximate surface area is 120 Å². The van der Waals surface area contributed by atoms with Crippen LogP contribution in [0, 0.1) is 19.7 Å². The maximum atomic E-state index is 14.3. The topological polar surface area (TPSA) is 12.0 Å². The summed E-state index contributed by atoms with van der Waals surface area (Å²) in [5.41, 5.74) is 4.82. The van der Waals surface area contributed by atoms with Gasteiger partial charge in [0.25, 0.3) is 0 Å². The zero-order valence-electron chi connectivity index (χ0n) is 12.5. The molecule has 1 nitrogen and oxygen atoms in total. The van der Waals surface area contributed by atoms with Gasteiger partial charge in [-0.1, -0.05) is 37.3 Å². The molecule has 0 aliphatic heterocycles. The van der Waals surface area contributed by atoms with E-state index in [-0.39, 0.29) is 5.82 Å². The van der Waals surface area contributed by atoms with Gasteiger partial charge in [-0.3, -0.25) is 0 Å². The highest BCUT2D eigenvalue weighted by Crippen LogP contribution is 2.30. The van der Waals surface area contributed by atoms with Crippen molar-refractivity contribution in [3.63, 3.8) is 0 Å². The quantitative estimate of drug-likeness (QED) is 0.783. The van der Waals surface area contributed by atoms with E-state index in [0.29, 0.717) is 0 Å². The van der Waals surface area contributed by atoms with E-state index in [1.807, 2.05) is 38.1 Å². The fourth-order valence-electron chi connectivity index (χ4n) is 2.58. The van der Waals surface area contributed by atoms with Crippen LogP contribution in [0.25, 0.3) is 11.1 Å². The Morgan fingerprint density at radius 2 is 1.85 bits per heavy atom. The lowest BCUT2D eigenvalue weighted by molar-refractivity contribution is 0.628. The lowest BCUT2D eigenvalue weighted by atomic mass is 9.94. The summed E-state index contributed by atoms with van der Waals surface area (Å²) in [5, 5.41) is 3.39. The molecular formula is C18H22FN. The van der Waals surface area contributed by atoms with E-state index in [9.17, 15) is 4.39 Å². The third kappa shape index (κ3) is 3.26. The second kappa shape index (κ2) is 6.67. The Morgan fingerprint density at radius 3 is 2.55 bits per heavy atom. The van der Waals surface area contributed by atoms with Crippen molar-refractivity contribution in [1.82, 2.24) is 5.32 Å². The molecule has 0 bridgehead atoms. The molecule has 0 aromatic heterocycles. The molecule has 0 unspecified atom stereocenters. The van der Waals surface area contributed by atoms with Crippen molar-refractivity contribution in [2.75, 3.05) is 6.54 Å². The van der Waals surface area contributed by atoms with E-state index in [4.69, 9.17) is 0 Å². The lowest BCUT2D eigenvalue weighted by Gasteiger charge is -2.14. The molecule has 0 saturated heterocycles. The molecule has 20 heavy (non-hydrogen) atoms. The molecule has 2 heteroatoms. The van der Waals surface area contributed by atoms with Crippen LogP contribution in [-0.4, -0.2) is 6.54 Å². The summed E-state index contributed by atoms with van der Waals surface area (Å²) >= 11 is 0. The van der Waals surface area contributed by atoms with E-state index >= 15 is 0 Å². The van der Waals surface area contributed by atoms with E-state index in [2.05, 4.69) is 18.3 Å². The number of rotatable bonds is 5. The number of aryl methyl sites for hydroxylation is 2. The van der Waals surface area contributed by atoms with Crippen LogP contribution in [0.2, 0.25) is 0 Å². The van der Waals surface area contributed by atoms with Crippen LogP contribution in [0.5, 0.6) is 0 Å². The summed E-state index contributed by atoms with van der Waals surface area (Å²) in [6.07, 6.45) is 1.10. The third-order valence-electron chi connectivity index (χ3n) is 3.46. The van der Waals surface area contributed by atoms with Gasteiger partial charge in [0.15, 0.2) is 0 Å². The monoisotopic (exact) mass is 271 g/mol. The largest absolute Gasteiger partial charge is 0.313 e. The molecule has 2 aromatic carbocycles. The SMILES string of the molecule is CCCNCc1ccccc1-c1c(C)cc(C)cc1F. The molecule has 2 aromatic rings. The molecule has 0 aliphatic carbocycles. The number of halogens is 1. The molecule has 106 valence electrons. The minimum absolute atomic E-state index is 0.134. The minimum Gasteiger partial charge on any atom is -0.313 e. The van der Waals surface area contributed by atoms with Crippen molar-refractivity contribution in [1.29, 1.82) is 0 Å². The molecule has 0 fully saturated rings. The zero-order chi connectivity index (χ0) is 14.5. The molecular weight excluding hydrogens is 249 g/mol. The van der Waals surface area contributed by atoms with Crippen LogP contribution in [0.3, 0.4) is 0 Å². The van der Waals surface area contributed by atoms with Gasteiger partial charge in [-0.05, 0) is 55.1 Å². The first-order chi connectivity index (χ1) is 9.63. The average molecular weight is 271 g/mol. The smallest absolute Gasteiger partial charge is 0.131 e. The van der Waals surface area contributed by atoms with Gasteiger partial charge in [0.2, 0.25) is 0 Å². The third-order valence-corrected chi connectivity index (χ3v) is 3.46. The predicted molar refractivity (Wildman–Crippen MR) is 83.3 cm³/mol. The summed E-state index contributed by atoms with van der Waals surface area (Å²) in [7, 11) is 0. The number of hydrogen-bond acceptors (Lipinski definition) is 1. The first kappa shape index (κ1) is 14.7. The Hall–Kier alpha value is -1.67.